The lowest BCUT2D eigenvalue weighted by atomic mass is 10.1. The third kappa shape index (κ3) is 4.06. The van der Waals surface area contributed by atoms with Crippen molar-refractivity contribution in [2.45, 2.75) is 25.9 Å². The van der Waals surface area contributed by atoms with Crippen LogP contribution in [0, 0.1) is 6.92 Å². The molecular weight excluding hydrogens is 392 g/mol. The SMILES string of the molecule is COCCn1ccc2ccc(C(=O)Nc3cc(C)nn3[C@H]3CCS(=O)(=O)C3)cc21. The summed E-state index contributed by atoms with van der Waals surface area (Å²) in [5.41, 5.74) is 2.22. The van der Waals surface area contributed by atoms with Crippen molar-refractivity contribution in [3.63, 3.8) is 0 Å². The summed E-state index contributed by atoms with van der Waals surface area (Å²) in [4.78, 5) is 12.9. The lowest BCUT2D eigenvalue weighted by molar-refractivity contribution is 0.102. The molecular formula is C20H24N4O4S. The van der Waals surface area contributed by atoms with E-state index >= 15 is 0 Å². The van der Waals surface area contributed by atoms with Crippen molar-refractivity contribution in [3.05, 3.63) is 47.8 Å². The molecule has 0 aliphatic carbocycles. The molecule has 1 fully saturated rings. The molecule has 1 N–H and O–H groups in total. The first-order valence-electron chi connectivity index (χ1n) is 9.52. The summed E-state index contributed by atoms with van der Waals surface area (Å²) in [6.45, 7) is 3.11. The molecule has 0 spiro atoms. The van der Waals surface area contributed by atoms with Crippen LogP contribution in [0.3, 0.4) is 0 Å². The number of amides is 1. The topological polar surface area (TPSA) is 95.2 Å². The number of rotatable bonds is 6. The zero-order chi connectivity index (χ0) is 20.6. The first kappa shape index (κ1) is 19.7. The number of aromatic nitrogens is 3. The Bertz CT molecular complexity index is 1160. The molecule has 3 aromatic rings. The molecule has 0 radical (unpaired) electrons. The minimum Gasteiger partial charge on any atom is -0.383 e. The van der Waals surface area contributed by atoms with Gasteiger partial charge in [-0.2, -0.15) is 5.10 Å². The van der Waals surface area contributed by atoms with Crippen LogP contribution in [-0.4, -0.2) is 53.9 Å². The van der Waals surface area contributed by atoms with Crippen molar-refractivity contribution >= 4 is 32.5 Å². The molecule has 29 heavy (non-hydrogen) atoms. The Kier molecular flexibility index (Phi) is 5.18. The average molecular weight is 417 g/mol. The number of nitrogens with one attached hydrogen (secondary N) is 1. The fourth-order valence-corrected chi connectivity index (χ4v) is 5.45. The number of sulfone groups is 1. The van der Waals surface area contributed by atoms with E-state index in [1.165, 1.54) is 0 Å². The first-order chi connectivity index (χ1) is 13.9. The Hall–Kier alpha value is -2.65. The van der Waals surface area contributed by atoms with Gasteiger partial charge in [0.2, 0.25) is 0 Å². The van der Waals surface area contributed by atoms with Gasteiger partial charge >= 0.3 is 0 Å². The molecule has 1 atom stereocenters. The second-order valence-electron chi connectivity index (χ2n) is 7.40. The number of nitrogens with zero attached hydrogens (tertiary/aromatic N) is 3. The second kappa shape index (κ2) is 7.64. The predicted octanol–water partition coefficient (Wildman–Crippen LogP) is 2.40. The zero-order valence-electron chi connectivity index (χ0n) is 16.5. The Labute approximate surface area is 169 Å². The lowest BCUT2D eigenvalue weighted by Crippen LogP contribution is -2.19. The highest BCUT2D eigenvalue weighted by Crippen LogP contribution is 2.27. The van der Waals surface area contributed by atoms with Crippen LogP contribution < -0.4 is 5.32 Å². The van der Waals surface area contributed by atoms with E-state index < -0.39 is 9.84 Å². The molecule has 1 aromatic carbocycles. The number of fused-ring (bicyclic) bond motifs is 1. The minimum atomic E-state index is -3.05. The van der Waals surface area contributed by atoms with Crippen LogP contribution in [0.25, 0.3) is 10.9 Å². The van der Waals surface area contributed by atoms with E-state index in [0.717, 1.165) is 16.6 Å². The number of anilines is 1. The van der Waals surface area contributed by atoms with Crippen molar-refractivity contribution < 1.29 is 17.9 Å². The molecule has 2 aromatic heterocycles. The summed E-state index contributed by atoms with van der Waals surface area (Å²) in [5, 5.41) is 8.37. The van der Waals surface area contributed by atoms with E-state index in [4.69, 9.17) is 4.74 Å². The maximum atomic E-state index is 12.9. The molecule has 154 valence electrons. The Balaban J connectivity index is 1.58. The van der Waals surface area contributed by atoms with Gasteiger partial charge in [-0.15, -0.1) is 0 Å². The number of hydrogen-bond donors (Lipinski definition) is 1. The van der Waals surface area contributed by atoms with Crippen LogP contribution in [0.4, 0.5) is 5.82 Å². The van der Waals surface area contributed by atoms with E-state index in [0.29, 0.717) is 31.0 Å². The van der Waals surface area contributed by atoms with Crippen LogP contribution >= 0.6 is 0 Å². The van der Waals surface area contributed by atoms with Crippen LogP contribution in [0.2, 0.25) is 0 Å². The van der Waals surface area contributed by atoms with Crippen LogP contribution in [0.5, 0.6) is 0 Å². The Morgan fingerprint density at radius 1 is 1.31 bits per heavy atom. The van der Waals surface area contributed by atoms with Gasteiger partial charge in [0.25, 0.3) is 5.91 Å². The first-order valence-corrected chi connectivity index (χ1v) is 11.3. The highest BCUT2D eigenvalue weighted by Gasteiger charge is 2.31. The van der Waals surface area contributed by atoms with E-state index in [-0.39, 0.29) is 23.5 Å². The van der Waals surface area contributed by atoms with Gasteiger partial charge in [-0.25, -0.2) is 13.1 Å². The zero-order valence-corrected chi connectivity index (χ0v) is 17.3. The van der Waals surface area contributed by atoms with Gasteiger partial charge in [-0.1, -0.05) is 6.07 Å². The van der Waals surface area contributed by atoms with Crippen molar-refractivity contribution in [2.75, 3.05) is 30.5 Å². The molecule has 1 aliphatic rings. The Morgan fingerprint density at radius 2 is 2.14 bits per heavy atom. The number of aryl methyl sites for hydroxylation is 1. The van der Waals surface area contributed by atoms with Gasteiger partial charge in [0.05, 0.1) is 29.8 Å². The number of carbonyl (C=O) groups is 1. The molecule has 8 nitrogen and oxygen atoms in total. The standard InChI is InChI=1S/C20H24N4O4S/c1-14-11-19(24(22-14)17-6-10-29(26,27)13-17)21-20(25)16-4-3-15-5-7-23(8-9-28-2)18(15)12-16/h3-5,7,11-12,17H,6,8-10,13H2,1-2H3,(H,21,25)/t17-/m0/s1. The second-order valence-corrected chi connectivity index (χ2v) is 9.63. The van der Waals surface area contributed by atoms with E-state index in [1.807, 2.05) is 35.9 Å². The molecule has 1 amide bonds. The summed E-state index contributed by atoms with van der Waals surface area (Å²) in [6, 6.07) is 9.08. The third-order valence-corrected chi connectivity index (χ3v) is 6.98. The molecule has 0 bridgehead atoms. The van der Waals surface area contributed by atoms with Gasteiger partial charge in [-0.05, 0) is 36.9 Å². The predicted molar refractivity (Wildman–Crippen MR) is 111 cm³/mol. The third-order valence-electron chi connectivity index (χ3n) is 5.23. The van der Waals surface area contributed by atoms with Crippen molar-refractivity contribution in [3.8, 4) is 0 Å². The fraction of sp³-hybridized carbons (Fsp3) is 0.400. The highest BCUT2D eigenvalue weighted by molar-refractivity contribution is 7.91. The number of benzene rings is 1. The number of methoxy groups -OCH3 is 1. The summed E-state index contributed by atoms with van der Waals surface area (Å²) >= 11 is 0. The van der Waals surface area contributed by atoms with Crippen LogP contribution in [0.15, 0.2) is 36.5 Å². The monoisotopic (exact) mass is 416 g/mol. The van der Waals surface area contributed by atoms with Gasteiger partial charge in [-0.3, -0.25) is 4.79 Å². The molecule has 4 rings (SSSR count). The van der Waals surface area contributed by atoms with Gasteiger partial charge in [0.15, 0.2) is 9.84 Å². The Morgan fingerprint density at radius 3 is 2.86 bits per heavy atom. The molecule has 0 saturated carbocycles. The summed E-state index contributed by atoms with van der Waals surface area (Å²) in [5.74, 6) is 0.465. The van der Waals surface area contributed by atoms with E-state index in [9.17, 15) is 13.2 Å². The average Bonchev–Trinajstić information content (AvgIpc) is 3.36. The quantitative estimate of drug-likeness (QED) is 0.666. The van der Waals surface area contributed by atoms with E-state index in [1.54, 1.807) is 23.9 Å². The largest absolute Gasteiger partial charge is 0.383 e. The van der Waals surface area contributed by atoms with Crippen molar-refractivity contribution in [1.29, 1.82) is 0 Å². The summed E-state index contributed by atoms with van der Waals surface area (Å²) < 4.78 is 32.5. The molecule has 9 heteroatoms. The lowest BCUT2D eigenvalue weighted by Gasteiger charge is -2.14. The number of ether oxygens (including phenoxy) is 1. The number of carbonyl (C=O) groups excluding carboxylic acids is 1. The summed E-state index contributed by atoms with van der Waals surface area (Å²) in [6.07, 6.45) is 2.48. The molecule has 1 saturated heterocycles. The van der Waals surface area contributed by atoms with Crippen LogP contribution in [-0.2, 0) is 21.1 Å². The maximum absolute atomic E-state index is 12.9. The maximum Gasteiger partial charge on any atom is 0.256 e. The van der Waals surface area contributed by atoms with Gasteiger partial charge in [0, 0.05) is 37.0 Å². The fourth-order valence-electron chi connectivity index (χ4n) is 3.75. The van der Waals surface area contributed by atoms with E-state index in [2.05, 4.69) is 10.4 Å². The molecule has 0 unspecified atom stereocenters. The normalized spacial score (nSPS) is 18.3. The van der Waals surface area contributed by atoms with Gasteiger partial charge < -0.3 is 14.6 Å². The molecule has 1 aliphatic heterocycles. The van der Waals surface area contributed by atoms with Crippen LogP contribution in [0.1, 0.15) is 28.5 Å². The summed E-state index contributed by atoms with van der Waals surface area (Å²) in [7, 11) is -1.39. The highest BCUT2D eigenvalue weighted by atomic mass is 32.2. The molecule has 3 heterocycles. The number of hydrogen-bond acceptors (Lipinski definition) is 5. The van der Waals surface area contributed by atoms with Crippen molar-refractivity contribution in [1.82, 2.24) is 14.3 Å². The smallest absolute Gasteiger partial charge is 0.256 e. The minimum absolute atomic E-state index is 0.0516. The van der Waals surface area contributed by atoms with Gasteiger partial charge in [0.1, 0.15) is 5.82 Å². The van der Waals surface area contributed by atoms with Crippen molar-refractivity contribution in [2.24, 2.45) is 0 Å².